The first-order chi connectivity index (χ1) is 8.97. The lowest BCUT2D eigenvalue weighted by Gasteiger charge is -2.08. The van der Waals surface area contributed by atoms with Crippen LogP contribution >= 0.6 is 0 Å². The maximum atomic E-state index is 13.4. The van der Waals surface area contributed by atoms with Crippen LogP contribution in [0, 0.1) is 5.95 Å². The second-order valence-electron chi connectivity index (χ2n) is 3.60. The molecule has 2 aromatic rings. The fourth-order valence-corrected chi connectivity index (χ4v) is 1.31. The Kier molecular flexibility index (Phi) is 3.64. The standard InChI is InChI=1S/C12H8F4N2O/c13-11-8(4-5-9(18-11)12(14,15)16)7-19-10-3-1-2-6-17-10/h1-6H,7H2. The highest BCUT2D eigenvalue weighted by Crippen LogP contribution is 2.28. The minimum absolute atomic E-state index is 0.0707. The summed E-state index contributed by atoms with van der Waals surface area (Å²) in [4.78, 5) is 6.70. The first-order valence-corrected chi connectivity index (χ1v) is 5.23. The maximum absolute atomic E-state index is 13.4. The zero-order chi connectivity index (χ0) is 13.9. The molecule has 0 amide bonds. The minimum Gasteiger partial charge on any atom is -0.473 e. The van der Waals surface area contributed by atoms with Crippen molar-refractivity contribution in [3.63, 3.8) is 0 Å². The summed E-state index contributed by atoms with van der Waals surface area (Å²) in [7, 11) is 0. The Balaban J connectivity index is 2.10. The lowest BCUT2D eigenvalue weighted by Crippen LogP contribution is -2.11. The molecule has 0 aromatic carbocycles. The summed E-state index contributed by atoms with van der Waals surface area (Å²) in [6, 6.07) is 6.60. The van der Waals surface area contributed by atoms with E-state index in [1.807, 2.05) is 0 Å². The molecule has 0 saturated carbocycles. The second-order valence-corrected chi connectivity index (χ2v) is 3.60. The molecule has 0 fully saturated rings. The highest BCUT2D eigenvalue weighted by atomic mass is 19.4. The monoisotopic (exact) mass is 272 g/mol. The summed E-state index contributed by atoms with van der Waals surface area (Å²) < 4.78 is 55.3. The molecular weight excluding hydrogens is 264 g/mol. The van der Waals surface area contributed by atoms with Crippen molar-refractivity contribution in [2.24, 2.45) is 0 Å². The number of rotatable bonds is 3. The van der Waals surface area contributed by atoms with E-state index in [0.29, 0.717) is 6.07 Å². The average Bonchev–Trinajstić information content (AvgIpc) is 2.37. The number of alkyl halides is 3. The molecule has 0 unspecified atom stereocenters. The molecule has 2 aromatic heterocycles. The van der Waals surface area contributed by atoms with Crippen LogP contribution in [0.25, 0.3) is 0 Å². The fraction of sp³-hybridized carbons (Fsp3) is 0.167. The van der Waals surface area contributed by atoms with E-state index >= 15 is 0 Å². The molecule has 3 nitrogen and oxygen atoms in total. The lowest BCUT2D eigenvalue weighted by atomic mass is 10.2. The van der Waals surface area contributed by atoms with E-state index in [1.54, 1.807) is 18.2 Å². The molecule has 0 aliphatic carbocycles. The molecule has 0 bridgehead atoms. The highest BCUT2D eigenvalue weighted by Gasteiger charge is 2.33. The lowest BCUT2D eigenvalue weighted by molar-refractivity contribution is -0.141. The van der Waals surface area contributed by atoms with Crippen LogP contribution in [0.1, 0.15) is 11.3 Å². The molecule has 0 aliphatic heterocycles. The third kappa shape index (κ3) is 3.40. The molecular formula is C12H8F4N2O. The third-order valence-corrected chi connectivity index (χ3v) is 2.23. The zero-order valence-electron chi connectivity index (χ0n) is 9.49. The third-order valence-electron chi connectivity index (χ3n) is 2.23. The quantitative estimate of drug-likeness (QED) is 0.635. The van der Waals surface area contributed by atoms with Crippen molar-refractivity contribution in [1.82, 2.24) is 9.97 Å². The molecule has 0 spiro atoms. The Morgan fingerprint density at radius 3 is 2.47 bits per heavy atom. The summed E-state index contributed by atoms with van der Waals surface area (Å²) >= 11 is 0. The van der Waals surface area contributed by atoms with Crippen LogP contribution in [0.15, 0.2) is 36.5 Å². The van der Waals surface area contributed by atoms with Crippen LogP contribution in [0.4, 0.5) is 17.6 Å². The Morgan fingerprint density at radius 2 is 1.89 bits per heavy atom. The molecule has 7 heteroatoms. The number of hydrogen-bond donors (Lipinski definition) is 0. The number of nitrogens with zero attached hydrogens (tertiary/aromatic N) is 2. The smallest absolute Gasteiger partial charge is 0.433 e. The molecule has 0 radical (unpaired) electrons. The maximum Gasteiger partial charge on any atom is 0.433 e. The molecule has 2 heterocycles. The van der Waals surface area contributed by atoms with Gasteiger partial charge in [-0.2, -0.15) is 17.6 Å². The minimum atomic E-state index is -4.67. The molecule has 0 saturated heterocycles. The van der Waals surface area contributed by atoms with Crippen LogP contribution < -0.4 is 4.74 Å². The van der Waals surface area contributed by atoms with Crippen LogP contribution in [-0.2, 0) is 12.8 Å². The molecule has 0 aliphatic rings. The van der Waals surface area contributed by atoms with Gasteiger partial charge in [-0.1, -0.05) is 6.07 Å². The average molecular weight is 272 g/mol. The van der Waals surface area contributed by atoms with Crippen LogP contribution in [0.3, 0.4) is 0 Å². The number of ether oxygens (including phenoxy) is 1. The van der Waals surface area contributed by atoms with Gasteiger partial charge in [-0.05, 0) is 18.2 Å². The van der Waals surface area contributed by atoms with Gasteiger partial charge >= 0.3 is 6.18 Å². The van der Waals surface area contributed by atoms with Crippen molar-refractivity contribution in [2.75, 3.05) is 0 Å². The highest BCUT2D eigenvalue weighted by molar-refractivity contribution is 5.18. The molecule has 19 heavy (non-hydrogen) atoms. The van der Waals surface area contributed by atoms with E-state index in [1.165, 1.54) is 6.20 Å². The summed E-state index contributed by atoms with van der Waals surface area (Å²) in [6.07, 6.45) is -3.18. The number of pyridine rings is 2. The molecule has 2 rings (SSSR count). The van der Waals surface area contributed by atoms with E-state index in [0.717, 1.165) is 6.07 Å². The van der Waals surface area contributed by atoms with E-state index in [-0.39, 0.29) is 18.1 Å². The van der Waals surface area contributed by atoms with Crippen molar-refractivity contribution in [3.05, 3.63) is 53.7 Å². The summed E-state index contributed by atoms with van der Waals surface area (Å²) in [6.45, 7) is -0.242. The van der Waals surface area contributed by atoms with E-state index in [9.17, 15) is 17.6 Å². The normalized spacial score (nSPS) is 11.4. The van der Waals surface area contributed by atoms with Gasteiger partial charge < -0.3 is 4.74 Å². The Morgan fingerprint density at radius 1 is 1.11 bits per heavy atom. The van der Waals surface area contributed by atoms with Crippen molar-refractivity contribution in [3.8, 4) is 5.88 Å². The second kappa shape index (κ2) is 5.21. The number of halogens is 4. The van der Waals surface area contributed by atoms with Gasteiger partial charge in [-0.15, -0.1) is 0 Å². The van der Waals surface area contributed by atoms with Crippen molar-refractivity contribution in [1.29, 1.82) is 0 Å². The SMILES string of the molecule is Fc1nc(C(F)(F)F)ccc1COc1ccccn1. The van der Waals surface area contributed by atoms with Crippen LogP contribution in [-0.4, -0.2) is 9.97 Å². The topological polar surface area (TPSA) is 35.0 Å². The fourth-order valence-electron chi connectivity index (χ4n) is 1.31. The predicted octanol–water partition coefficient (Wildman–Crippen LogP) is 3.21. The van der Waals surface area contributed by atoms with Crippen molar-refractivity contribution in [2.45, 2.75) is 12.8 Å². The number of hydrogen-bond acceptors (Lipinski definition) is 3. The van der Waals surface area contributed by atoms with Gasteiger partial charge in [0.05, 0.1) is 0 Å². The Labute approximate surface area is 105 Å². The number of aromatic nitrogens is 2. The molecule has 0 atom stereocenters. The van der Waals surface area contributed by atoms with Gasteiger partial charge in [0.15, 0.2) is 0 Å². The van der Waals surface area contributed by atoms with Gasteiger partial charge in [-0.25, -0.2) is 9.97 Å². The van der Waals surface area contributed by atoms with Crippen molar-refractivity contribution >= 4 is 0 Å². The Hall–Kier alpha value is -2.18. The van der Waals surface area contributed by atoms with Gasteiger partial charge in [-0.3, -0.25) is 0 Å². The van der Waals surface area contributed by atoms with E-state index in [4.69, 9.17) is 4.74 Å². The van der Waals surface area contributed by atoms with Gasteiger partial charge in [0, 0.05) is 17.8 Å². The van der Waals surface area contributed by atoms with E-state index in [2.05, 4.69) is 9.97 Å². The first kappa shape index (κ1) is 13.3. The summed E-state index contributed by atoms with van der Waals surface area (Å²) in [5.41, 5.74) is -1.34. The predicted molar refractivity (Wildman–Crippen MR) is 57.8 cm³/mol. The Bertz CT molecular complexity index is 557. The largest absolute Gasteiger partial charge is 0.473 e. The zero-order valence-corrected chi connectivity index (χ0v) is 9.49. The summed E-state index contributed by atoms with van der Waals surface area (Å²) in [5.74, 6) is -0.951. The molecule has 100 valence electrons. The van der Waals surface area contributed by atoms with Gasteiger partial charge in [0.25, 0.3) is 0 Å². The van der Waals surface area contributed by atoms with Crippen molar-refractivity contribution < 1.29 is 22.3 Å². The summed E-state index contributed by atoms with van der Waals surface area (Å²) in [5, 5.41) is 0. The van der Waals surface area contributed by atoms with Gasteiger partial charge in [0.1, 0.15) is 12.3 Å². The van der Waals surface area contributed by atoms with Crippen LogP contribution in [0.5, 0.6) is 5.88 Å². The molecule has 0 N–H and O–H groups in total. The first-order valence-electron chi connectivity index (χ1n) is 5.23. The van der Waals surface area contributed by atoms with Crippen LogP contribution in [0.2, 0.25) is 0 Å². The van der Waals surface area contributed by atoms with E-state index < -0.39 is 17.8 Å². The van der Waals surface area contributed by atoms with Gasteiger partial charge in [0.2, 0.25) is 11.8 Å².